The summed E-state index contributed by atoms with van der Waals surface area (Å²) >= 11 is 1.37. The molecule has 2 aliphatic heterocycles. The molecule has 0 spiro atoms. The number of carboxylic acids is 3. The highest BCUT2D eigenvalue weighted by atomic mass is 32.1. The van der Waals surface area contributed by atoms with Gasteiger partial charge < -0.3 is 69.3 Å². The van der Waals surface area contributed by atoms with Crippen LogP contribution in [0.1, 0.15) is 117 Å². The van der Waals surface area contributed by atoms with E-state index >= 15 is 0 Å². The summed E-state index contributed by atoms with van der Waals surface area (Å²) in [5.74, 6) is -4.92. The monoisotopic (exact) mass is 1440 g/mol. The molecule has 2 saturated carbocycles. The maximum Gasteiger partial charge on any atom is 0.410 e. The Bertz CT molecular complexity index is 4320. The number of aliphatic hydroxyl groups excluding tert-OH is 3. The number of rotatable bonds is 32. The van der Waals surface area contributed by atoms with Crippen molar-refractivity contribution in [3.8, 4) is 33.9 Å². The molecule has 4 aromatic carbocycles. The highest BCUT2D eigenvalue weighted by Gasteiger charge is 2.56. The van der Waals surface area contributed by atoms with E-state index in [1.54, 1.807) is 30.5 Å². The smallest absolute Gasteiger partial charge is 0.410 e. The molecule has 546 valence electrons. The Balaban J connectivity index is 0.722. The second-order valence-electron chi connectivity index (χ2n) is 27.6. The highest BCUT2D eigenvalue weighted by molar-refractivity contribution is 7.22. The molecule has 3 aromatic heterocycles. The molecule has 11 rings (SSSR count). The van der Waals surface area contributed by atoms with Crippen molar-refractivity contribution in [1.29, 1.82) is 0 Å². The first kappa shape index (κ1) is 74.4. The van der Waals surface area contributed by atoms with Crippen molar-refractivity contribution in [2.24, 2.45) is 16.7 Å². The van der Waals surface area contributed by atoms with Crippen molar-refractivity contribution in [3.05, 3.63) is 132 Å². The number of hydrogen-bond acceptors (Lipinski definition) is 21. The highest BCUT2D eigenvalue weighted by Crippen LogP contribution is 2.61. The number of thiazole rings is 1. The minimum atomic E-state index is -2.02. The standard InChI is InChI=1S/C74H84N8O20S/c1-43-35-72(3)39-73(4,41-74(36-43,40-72)42-82-44(2)52(37-76-82)49-20-21-53(77-61(49)67(92)93)46-17-16-45-11-10-12-50(51(45)33-46)66(91)79-70-78-54-13-7-8-14-56(54)103-70)100-30-28-80(27-24-60(86)87)71(96)99-38-47-18-19-48(34-55(47)101-69-64(90)62(88)63(89)65(102-69)68(94)95)98-32-31-97-29-25-75-57(83)15-6-5-9-26-81-58(84)22-23-59(81)85/h7-8,10-14,16-23,33-34,37,43,62-65,69,88-90H,5-6,9,15,24-32,35-36,38-42H2,1-4H3,(H,75,83)(H,86,87)(H,92,93)(H,94,95)(H,78,79,91)/t43?,62-,63-,64+,65-,69+,72?,73?,74?/m1/s1. The number of para-hydroxylation sites is 1. The predicted molar refractivity (Wildman–Crippen MR) is 374 cm³/mol. The number of carbonyl (C=O) groups excluding carboxylic acids is 5. The number of hydrogen-bond donors (Lipinski definition) is 8. The van der Waals surface area contributed by atoms with Crippen LogP contribution in [0, 0.1) is 23.7 Å². The average molecular weight is 1440 g/mol. The number of aliphatic hydroxyl groups is 3. The summed E-state index contributed by atoms with van der Waals surface area (Å²) in [4.78, 5) is 113. The van der Waals surface area contributed by atoms with E-state index < -0.39 is 73.3 Å². The number of fused-ring (bicyclic) bond motifs is 4. The second-order valence-corrected chi connectivity index (χ2v) is 28.7. The summed E-state index contributed by atoms with van der Waals surface area (Å²) < 4.78 is 38.4. The lowest BCUT2D eigenvalue weighted by Gasteiger charge is -2.59. The minimum Gasteiger partial charge on any atom is -0.491 e. The normalized spacial score (nSPS) is 23.0. The summed E-state index contributed by atoms with van der Waals surface area (Å²) in [6.07, 6.45) is -1.16. The lowest BCUT2D eigenvalue weighted by atomic mass is 9.50. The third kappa shape index (κ3) is 18.0. The van der Waals surface area contributed by atoms with Crippen LogP contribution in [0.3, 0.4) is 0 Å². The number of ether oxygens (including phenoxy) is 6. The van der Waals surface area contributed by atoms with Crippen LogP contribution in [-0.4, -0.2) is 197 Å². The molecule has 4 aliphatic rings. The van der Waals surface area contributed by atoms with E-state index in [9.17, 15) is 69.0 Å². The molecule has 2 aliphatic carbocycles. The van der Waals surface area contributed by atoms with Crippen molar-refractivity contribution in [1.82, 2.24) is 34.9 Å². The fourth-order valence-electron chi connectivity index (χ4n) is 15.3. The molecule has 5 amide bonds. The van der Waals surface area contributed by atoms with Crippen molar-refractivity contribution < 1.29 is 97.4 Å². The van der Waals surface area contributed by atoms with E-state index in [1.807, 2.05) is 67.1 Å². The van der Waals surface area contributed by atoms with Crippen LogP contribution < -0.4 is 20.1 Å². The van der Waals surface area contributed by atoms with Gasteiger partial charge in [0.05, 0.1) is 53.9 Å². The molecule has 7 aromatic rings. The zero-order chi connectivity index (χ0) is 73.3. The predicted octanol–water partition coefficient (Wildman–Crippen LogP) is 8.40. The Morgan fingerprint density at radius 3 is 2.35 bits per heavy atom. The quantitative estimate of drug-likeness (QED) is 0.0145. The van der Waals surface area contributed by atoms with Gasteiger partial charge in [-0.05, 0) is 135 Å². The van der Waals surface area contributed by atoms with Gasteiger partial charge in [0, 0.05) is 90.9 Å². The molecule has 5 heterocycles. The lowest BCUT2D eigenvalue weighted by molar-refractivity contribution is -0.271. The van der Waals surface area contributed by atoms with Crippen LogP contribution >= 0.6 is 11.3 Å². The Labute approximate surface area is 596 Å². The fraction of sp³-hybridized carbons (Fsp3) is 0.446. The first-order valence-electron chi connectivity index (χ1n) is 34.2. The third-order valence-electron chi connectivity index (χ3n) is 19.2. The summed E-state index contributed by atoms with van der Waals surface area (Å²) in [7, 11) is 0. The van der Waals surface area contributed by atoms with Gasteiger partial charge in [-0.25, -0.2) is 24.4 Å². The number of imide groups is 1. The number of nitrogens with zero attached hydrogens (tertiary/aromatic N) is 6. The van der Waals surface area contributed by atoms with Gasteiger partial charge in [-0.15, -0.1) is 0 Å². The van der Waals surface area contributed by atoms with E-state index in [0.29, 0.717) is 83.0 Å². The third-order valence-corrected chi connectivity index (χ3v) is 20.2. The van der Waals surface area contributed by atoms with Crippen LogP contribution in [0.5, 0.6) is 11.5 Å². The Hall–Kier alpha value is -9.75. The number of carboxylic acid groups (broad SMARTS) is 3. The Morgan fingerprint density at radius 2 is 1.58 bits per heavy atom. The SMILES string of the molecule is Cc1c(-c2ccc(-c3ccc4cccc(C(=O)Nc5nc6ccccc6s5)c4c3)nc2C(=O)O)cnn1CC12CC(C)CC(C)(C1)CC(C)(OCCN(CCC(=O)O)C(=O)OCc1ccc(OCCOCCNC(=O)CCCCCN3C(=O)C=CC3=O)cc1O[C@H]1O[C@@H](C(=O)O)[C@H](O)[C@@H](O)[C@@H]1O)C2. The molecule has 0 radical (unpaired) electrons. The fourth-order valence-corrected chi connectivity index (χ4v) is 16.1. The van der Waals surface area contributed by atoms with Crippen LogP contribution in [-0.2, 0) is 56.1 Å². The molecule has 29 heteroatoms. The molecular weight excluding hydrogens is 1350 g/mol. The van der Waals surface area contributed by atoms with Gasteiger partial charge in [-0.2, -0.15) is 5.10 Å². The molecule has 1 saturated heterocycles. The van der Waals surface area contributed by atoms with Crippen LogP contribution in [0.15, 0.2) is 109 Å². The maximum atomic E-state index is 14.1. The summed E-state index contributed by atoms with van der Waals surface area (Å²) in [5.41, 5.74) is 2.62. The number of pyridine rings is 1. The zero-order valence-corrected chi connectivity index (χ0v) is 58.3. The number of unbranched alkanes of at least 4 members (excludes halogenated alkanes) is 2. The topological polar surface area (TPSA) is 387 Å². The van der Waals surface area contributed by atoms with Gasteiger partial charge >= 0.3 is 24.0 Å². The number of carbonyl (C=O) groups is 8. The minimum absolute atomic E-state index is 0.0111. The van der Waals surface area contributed by atoms with E-state index in [-0.39, 0.29) is 116 Å². The number of aliphatic carboxylic acids is 2. The average Bonchev–Trinajstić information content (AvgIpc) is 1.54. The van der Waals surface area contributed by atoms with Gasteiger partial charge in [0.2, 0.25) is 12.2 Å². The Kier molecular flexibility index (Phi) is 23.3. The first-order chi connectivity index (χ1) is 49.3. The summed E-state index contributed by atoms with van der Waals surface area (Å²) in [6.45, 7) is 8.76. The molecule has 9 atom stereocenters. The lowest BCUT2D eigenvalue weighted by Crippen LogP contribution is -2.61. The largest absolute Gasteiger partial charge is 0.491 e. The van der Waals surface area contributed by atoms with Crippen molar-refractivity contribution in [2.75, 3.05) is 57.9 Å². The van der Waals surface area contributed by atoms with E-state index in [4.69, 9.17) is 38.5 Å². The van der Waals surface area contributed by atoms with E-state index in [0.717, 1.165) is 45.5 Å². The van der Waals surface area contributed by atoms with Crippen molar-refractivity contribution >= 4 is 85.1 Å². The first-order valence-corrected chi connectivity index (χ1v) is 35.1. The van der Waals surface area contributed by atoms with Crippen LogP contribution in [0.2, 0.25) is 0 Å². The second kappa shape index (κ2) is 32.3. The number of aromatic carboxylic acids is 1. The molecule has 2 bridgehead atoms. The number of aromatic nitrogens is 4. The molecule has 8 N–H and O–H groups in total. The number of nitrogens with one attached hydrogen (secondary N) is 2. The molecular formula is C74H84N8O20S. The van der Waals surface area contributed by atoms with Gasteiger partial charge in [0.1, 0.15) is 43.0 Å². The van der Waals surface area contributed by atoms with Gasteiger partial charge in [-0.1, -0.05) is 68.0 Å². The molecule has 28 nitrogen and oxygen atoms in total. The Morgan fingerprint density at radius 1 is 0.786 bits per heavy atom. The number of anilines is 1. The maximum absolute atomic E-state index is 14.1. The van der Waals surface area contributed by atoms with Gasteiger partial charge in [0.15, 0.2) is 16.9 Å². The summed E-state index contributed by atoms with van der Waals surface area (Å²) in [5, 5.41) is 74.8. The number of amides is 5. The van der Waals surface area contributed by atoms with E-state index in [1.165, 1.54) is 46.6 Å². The van der Waals surface area contributed by atoms with E-state index in [2.05, 4.69) is 29.5 Å². The van der Waals surface area contributed by atoms with Crippen LogP contribution in [0.25, 0.3) is 43.4 Å². The zero-order valence-electron chi connectivity index (χ0n) is 57.5. The van der Waals surface area contributed by atoms with Crippen LogP contribution in [0.4, 0.5) is 9.93 Å². The van der Waals surface area contributed by atoms with Crippen molar-refractivity contribution in [3.63, 3.8) is 0 Å². The summed E-state index contributed by atoms with van der Waals surface area (Å²) in [6, 6.07) is 26.4. The number of benzene rings is 4. The molecule has 3 fully saturated rings. The van der Waals surface area contributed by atoms with Gasteiger partial charge in [-0.3, -0.25) is 38.9 Å². The van der Waals surface area contributed by atoms with Gasteiger partial charge in [0.25, 0.3) is 17.7 Å². The van der Waals surface area contributed by atoms with Crippen molar-refractivity contribution in [2.45, 2.75) is 141 Å². The molecule has 103 heavy (non-hydrogen) atoms. The molecule has 4 unspecified atom stereocenters.